The third kappa shape index (κ3) is 4.02. The van der Waals surface area contributed by atoms with Crippen molar-refractivity contribution in [1.82, 2.24) is 4.90 Å². The number of hydrogen-bond acceptors (Lipinski definition) is 3. The average Bonchev–Trinajstić information content (AvgIpc) is 2.30. The molecule has 1 aromatic carbocycles. The van der Waals surface area contributed by atoms with Gasteiger partial charge in [-0.1, -0.05) is 12.1 Å². The highest BCUT2D eigenvalue weighted by Crippen LogP contribution is 2.28. The molecule has 0 fully saturated rings. The summed E-state index contributed by atoms with van der Waals surface area (Å²) in [5.41, 5.74) is 6.55. The molecule has 0 unspecified atom stereocenters. The van der Waals surface area contributed by atoms with E-state index in [1.54, 1.807) is 19.0 Å². The van der Waals surface area contributed by atoms with E-state index in [0.29, 0.717) is 19.6 Å². The van der Waals surface area contributed by atoms with Crippen molar-refractivity contribution < 1.29 is 9.53 Å². The molecular weight excluding hydrogens is 284 g/mol. The molecule has 1 aromatic rings. The molecule has 94 valence electrons. The van der Waals surface area contributed by atoms with Gasteiger partial charge in [0.15, 0.2) is 0 Å². The number of ether oxygens (including phenoxy) is 1. The van der Waals surface area contributed by atoms with Gasteiger partial charge in [0, 0.05) is 26.2 Å². The van der Waals surface area contributed by atoms with E-state index in [1.165, 1.54) is 0 Å². The maximum absolute atomic E-state index is 11.4. The second-order valence-electron chi connectivity index (χ2n) is 3.82. The first kappa shape index (κ1) is 14.0. The lowest BCUT2D eigenvalue weighted by Gasteiger charge is -2.14. The fourth-order valence-electron chi connectivity index (χ4n) is 1.34. The van der Waals surface area contributed by atoms with Crippen LogP contribution in [0.3, 0.4) is 0 Å². The third-order valence-corrected chi connectivity index (χ3v) is 2.95. The summed E-state index contributed by atoms with van der Waals surface area (Å²) in [6.07, 6.45) is 0.359. The Labute approximate surface area is 110 Å². The molecule has 0 aliphatic heterocycles. The first-order valence-corrected chi connectivity index (χ1v) is 6.16. The number of rotatable bonds is 5. The average molecular weight is 301 g/mol. The lowest BCUT2D eigenvalue weighted by Crippen LogP contribution is -2.23. The largest absolute Gasteiger partial charge is 0.492 e. The lowest BCUT2D eigenvalue weighted by molar-refractivity contribution is -0.129. The van der Waals surface area contributed by atoms with E-state index in [4.69, 9.17) is 10.5 Å². The van der Waals surface area contributed by atoms with E-state index < -0.39 is 0 Å². The van der Waals surface area contributed by atoms with Gasteiger partial charge in [-0.05, 0) is 22.0 Å². The molecule has 17 heavy (non-hydrogen) atoms. The van der Waals surface area contributed by atoms with Gasteiger partial charge in [0.25, 0.3) is 0 Å². The molecule has 0 bridgehead atoms. The molecule has 0 aliphatic carbocycles. The zero-order valence-electron chi connectivity index (χ0n) is 10.1. The summed E-state index contributed by atoms with van der Waals surface area (Å²) in [5, 5.41) is 0. The Morgan fingerprint density at radius 1 is 1.47 bits per heavy atom. The van der Waals surface area contributed by atoms with Crippen molar-refractivity contribution in [2.75, 3.05) is 20.7 Å². The fourth-order valence-corrected chi connectivity index (χ4v) is 1.86. The summed E-state index contributed by atoms with van der Waals surface area (Å²) in [6, 6.07) is 5.71. The maximum Gasteiger partial charge on any atom is 0.225 e. The summed E-state index contributed by atoms with van der Waals surface area (Å²) < 4.78 is 6.46. The number of amides is 1. The maximum atomic E-state index is 11.4. The van der Waals surface area contributed by atoms with Crippen LogP contribution in [0.15, 0.2) is 22.7 Å². The lowest BCUT2D eigenvalue weighted by atomic mass is 10.2. The number of carbonyl (C=O) groups excluding carboxylic acids is 1. The Bertz CT molecular complexity index is 394. The van der Waals surface area contributed by atoms with Gasteiger partial charge in [0.2, 0.25) is 5.91 Å². The number of nitrogens with zero attached hydrogens (tertiary/aromatic N) is 1. The van der Waals surface area contributed by atoms with Crippen LogP contribution in [0.4, 0.5) is 0 Å². The van der Waals surface area contributed by atoms with Crippen LogP contribution in [0.2, 0.25) is 0 Å². The van der Waals surface area contributed by atoms with E-state index in [2.05, 4.69) is 15.9 Å². The van der Waals surface area contributed by atoms with Crippen molar-refractivity contribution in [1.29, 1.82) is 0 Å². The first-order chi connectivity index (χ1) is 8.06. The number of benzene rings is 1. The van der Waals surface area contributed by atoms with Crippen molar-refractivity contribution in [2.45, 2.75) is 13.0 Å². The molecule has 5 heteroatoms. The van der Waals surface area contributed by atoms with Gasteiger partial charge in [-0.3, -0.25) is 4.79 Å². The molecule has 0 radical (unpaired) electrons. The Balaban J connectivity index is 2.60. The van der Waals surface area contributed by atoms with Gasteiger partial charge >= 0.3 is 0 Å². The topological polar surface area (TPSA) is 55.6 Å². The normalized spacial score (nSPS) is 10.1. The first-order valence-electron chi connectivity index (χ1n) is 5.36. The minimum atomic E-state index is 0.0475. The minimum Gasteiger partial charge on any atom is -0.492 e. The minimum absolute atomic E-state index is 0.0475. The van der Waals surface area contributed by atoms with E-state index >= 15 is 0 Å². The van der Waals surface area contributed by atoms with Crippen molar-refractivity contribution in [3.8, 4) is 5.75 Å². The molecule has 2 N–H and O–H groups in total. The number of hydrogen-bond donors (Lipinski definition) is 1. The molecule has 0 aromatic heterocycles. The molecule has 0 spiro atoms. The van der Waals surface area contributed by atoms with Gasteiger partial charge < -0.3 is 15.4 Å². The SMILES string of the molecule is CN(C)C(=O)CCOc1c(Br)cccc1CN. The fraction of sp³-hybridized carbons (Fsp3) is 0.417. The molecule has 1 amide bonds. The standard InChI is InChI=1S/C12H17BrN2O2/c1-15(2)11(16)6-7-17-12-9(8-14)4-3-5-10(12)13/h3-5H,6-8,14H2,1-2H3. The highest BCUT2D eigenvalue weighted by atomic mass is 79.9. The summed E-state index contributed by atoms with van der Waals surface area (Å²) >= 11 is 3.41. The van der Waals surface area contributed by atoms with Crippen LogP contribution in [0, 0.1) is 0 Å². The van der Waals surface area contributed by atoms with Gasteiger partial charge in [-0.15, -0.1) is 0 Å². The second kappa shape index (κ2) is 6.61. The van der Waals surface area contributed by atoms with Crippen LogP contribution in [0.1, 0.15) is 12.0 Å². The predicted molar refractivity (Wildman–Crippen MR) is 70.8 cm³/mol. The molecule has 0 atom stereocenters. The third-order valence-electron chi connectivity index (χ3n) is 2.33. The van der Waals surface area contributed by atoms with Crippen LogP contribution < -0.4 is 10.5 Å². The predicted octanol–water partition coefficient (Wildman–Crippen LogP) is 1.76. The van der Waals surface area contributed by atoms with E-state index in [1.807, 2.05) is 18.2 Å². The van der Waals surface area contributed by atoms with Crippen LogP contribution in [0.25, 0.3) is 0 Å². The summed E-state index contributed by atoms with van der Waals surface area (Å²) in [4.78, 5) is 12.9. The van der Waals surface area contributed by atoms with Crippen LogP contribution in [0.5, 0.6) is 5.75 Å². The smallest absolute Gasteiger partial charge is 0.225 e. The molecule has 0 saturated carbocycles. The Kier molecular flexibility index (Phi) is 5.44. The summed E-state index contributed by atoms with van der Waals surface area (Å²) in [5.74, 6) is 0.771. The number of carbonyl (C=O) groups is 1. The van der Waals surface area contributed by atoms with Gasteiger partial charge in [-0.2, -0.15) is 0 Å². The molecule has 0 heterocycles. The highest BCUT2D eigenvalue weighted by molar-refractivity contribution is 9.10. The summed E-state index contributed by atoms with van der Waals surface area (Å²) in [6.45, 7) is 0.767. The van der Waals surface area contributed by atoms with E-state index in [0.717, 1.165) is 15.8 Å². The van der Waals surface area contributed by atoms with E-state index in [-0.39, 0.29) is 5.91 Å². The summed E-state index contributed by atoms with van der Waals surface area (Å²) in [7, 11) is 3.46. The van der Waals surface area contributed by atoms with Crippen LogP contribution in [-0.2, 0) is 11.3 Å². The van der Waals surface area contributed by atoms with Crippen molar-refractivity contribution in [3.05, 3.63) is 28.2 Å². The Hall–Kier alpha value is -1.07. The Morgan fingerprint density at radius 2 is 2.18 bits per heavy atom. The van der Waals surface area contributed by atoms with Crippen molar-refractivity contribution in [3.63, 3.8) is 0 Å². The number of nitrogens with two attached hydrogens (primary N) is 1. The number of halogens is 1. The monoisotopic (exact) mass is 300 g/mol. The highest BCUT2D eigenvalue weighted by Gasteiger charge is 2.08. The van der Waals surface area contributed by atoms with Gasteiger partial charge in [-0.25, -0.2) is 0 Å². The van der Waals surface area contributed by atoms with Crippen molar-refractivity contribution >= 4 is 21.8 Å². The molecule has 0 saturated heterocycles. The van der Waals surface area contributed by atoms with E-state index in [9.17, 15) is 4.79 Å². The zero-order chi connectivity index (χ0) is 12.8. The van der Waals surface area contributed by atoms with Gasteiger partial charge in [0.1, 0.15) is 5.75 Å². The van der Waals surface area contributed by atoms with Crippen LogP contribution >= 0.6 is 15.9 Å². The quantitative estimate of drug-likeness (QED) is 0.901. The molecule has 4 nitrogen and oxygen atoms in total. The number of para-hydroxylation sites is 1. The Morgan fingerprint density at radius 3 is 2.76 bits per heavy atom. The van der Waals surface area contributed by atoms with Gasteiger partial charge in [0.05, 0.1) is 17.5 Å². The molecule has 1 rings (SSSR count). The van der Waals surface area contributed by atoms with Crippen molar-refractivity contribution in [2.24, 2.45) is 5.73 Å². The second-order valence-corrected chi connectivity index (χ2v) is 4.67. The molecular formula is C12H17BrN2O2. The molecule has 0 aliphatic rings. The van der Waals surface area contributed by atoms with Crippen LogP contribution in [-0.4, -0.2) is 31.5 Å². The zero-order valence-corrected chi connectivity index (χ0v) is 11.7.